The average Bonchev–Trinajstić information content (AvgIpc) is 3.28. The van der Waals surface area contributed by atoms with Gasteiger partial charge in [-0.05, 0) is 49.9 Å². The molecule has 2 fully saturated rings. The second-order valence-corrected chi connectivity index (χ2v) is 9.15. The molecule has 32 heavy (non-hydrogen) atoms. The Morgan fingerprint density at radius 1 is 1.06 bits per heavy atom. The molecule has 0 saturated carbocycles. The lowest BCUT2D eigenvalue weighted by molar-refractivity contribution is -0.138. The molecule has 1 N–H and O–H groups in total. The van der Waals surface area contributed by atoms with Crippen molar-refractivity contribution in [2.75, 3.05) is 26.2 Å². The summed E-state index contributed by atoms with van der Waals surface area (Å²) >= 11 is 6.05. The van der Waals surface area contributed by atoms with Gasteiger partial charge in [-0.25, -0.2) is 4.98 Å². The Morgan fingerprint density at radius 3 is 2.69 bits per heavy atom. The molecule has 3 aromatic rings. The average molecular weight is 452 g/mol. The molecule has 0 bridgehead atoms. The van der Waals surface area contributed by atoms with Gasteiger partial charge in [0.1, 0.15) is 5.82 Å². The maximum Gasteiger partial charge on any atom is 0.253 e. The summed E-state index contributed by atoms with van der Waals surface area (Å²) in [5.41, 5.74) is 2.46. The van der Waals surface area contributed by atoms with E-state index in [9.17, 15) is 9.59 Å². The van der Waals surface area contributed by atoms with Gasteiger partial charge < -0.3 is 14.8 Å². The van der Waals surface area contributed by atoms with Crippen molar-refractivity contribution in [1.29, 1.82) is 0 Å². The van der Waals surface area contributed by atoms with E-state index in [0.29, 0.717) is 29.6 Å². The van der Waals surface area contributed by atoms with Crippen LogP contribution in [0, 0.1) is 5.92 Å². The monoisotopic (exact) mass is 451 g/mol. The van der Waals surface area contributed by atoms with Crippen molar-refractivity contribution in [3.8, 4) is 0 Å². The zero-order chi connectivity index (χ0) is 22.1. The zero-order valence-electron chi connectivity index (χ0n) is 17.8. The van der Waals surface area contributed by atoms with Crippen molar-refractivity contribution < 1.29 is 9.59 Å². The summed E-state index contributed by atoms with van der Waals surface area (Å²) in [7, 11) is 0. The Hall–Kier alpha value is -2.93. The fourth-order valence-corrected chi connectivity index (χ4v) is 5.06. The number of piperidine rings is 2. The predicted molar refractivity (Wildman–Crippen MR) is 123 cm³/mol. The molecule has 0 spiro atoms. The van der Waals surface area contributed by atoms with Crippen molar-refractivity contribution in [2.45, 2.75) is 31.6 Å². The molecule has 2 saturated heterocycles. The third-order valence-electron chi connectivity index (χ3n) is 6.62. The lowest BCUT2D eigenvalue weighted by Gasteiger charge is -2.37. The van der Waals surface area contributed by atoms with Crippen molar-refractivity contribution in [3.63, 3.8) is 0 Å². The molecule has 2 amide bonds. The normalized spacial score (nSPS) is 20.0. The molecule has 2 aliphatic heterocycles. The number of hydrogen-bond donors (Lipinski definition) is 1. The number of hydrogen-bond acceptors (Lipinski definition) is 4. The maximum absolute atomic E-state index is 13.2. The molecular formula is C24H26ClN5O2. The quantitative estimate of drug-likeness (QED) is 0.655. The molecule has 2 aromatic heterocycles. The second-order valence-electron chi connectivity index (χ2n) is 8.72. The summed E-state index contributed by atoms with van der Waals surface area (Å²) in [5, 5.41) is 0.545. The Bertz CT molecular complexity index is 1110. The van der Waals surface area contributed by atoms with E-state index in [2.05, 4.69) is 9.97 Å². The number of amides is 2. The highest BCUT2D eigenvalue weighted by molar-refractivity contribution is 6.30. The molecule has 1 atom stereocenters. The summed E-state index contributed by atoms with van der Waals surface area (Å²) < 4.78 is 0. The van der Waals surface area contributed by atoms with Gasteiger partial charge in [0, 0.05) is 48.9 Å². The van der Waals surface area contributed by atoms with Crippen LogP contribution in [0.25, 0.3) is 11.0 Å². The van der Waals surface area contributed by atoms with Gasteiger partial charge in [-0.3, -0.25) is 14.6 Å². The van der Waals surface area contributed by atoms with E-state index in [0.717, 1.165) is 55.6 Å². The molecule has 0 radical (unpaired) electrons. The van der Waals surface area contributed by atoms with E-state index in [4.69, 9.17) is 16.6 Å². The van der Waals surface area contributed by atoms with Gasteiger partial charge in [0.05, 0.1) is 23.1 Å². The first-order chi connectivity index (χ1) is 15.6. The van der Waals surface area contributed by atoms with Crippen LogP contribution in [0.15, 0.2) is 42.7 Å². The number of aromatic nitrogens is 3. The molecule has 8 heteroatoms. The first-order valence-corrected chi connectivity index (χ1v) is 11.6. The van der Waals surface area contributed by atoms with Crippen molar-refractivity contribution >= 4 is 34.4 Å². The van der Waals surface area contributed by atoms with Crippen LogP contribution < -0.4 is 0 Å². The van der Waals surface area contributed by atoms with Crippen LogP contribution in [0.3, 0.4) is 0 Å². The number of benzene rings is 1. The summed E-state index contributed by atoms with van der Waals surface area (Å²) in [5.74, 6) is 1.28. The third-order valence-corrected chi connectivity index (χ3v) is 6.86. The first kappa shape index (κ1) is 20.9. The molecular weight excluding hydrogens is 426 g/mol. The number of imidazole rings is 1. The minimum Gasteiger partial charge on any atom is -0.342 e. The number of H-pyrrole nitrogens is 1. The molecule has 166 valence electrons. The second kappa shape index (κ2) is 8.90. The SMILES string of the molecule is O=C(c1cccc(Cl)c1)N1CCCC(C(=O)N2CCC(c3nc4ccncc4[nH]3)CC2)C1. The fourth-order valence-electron chi connectivity index (χ4n) is 4.87. The minimum atomic E-state index is -0.138. The van der Waals surface area contributed by atoms with Gasteiger partial charge >= 0.3 is 0 Å². The van der Waals surface area contributed by atoms with Crippen molar-refractivity contribution in [1.82, 2.24) is 24.8 Å². The van der Waals surface area contributed by atoms with Crippen LogP contribution in [-0.4, -0.2) is 62.7 Å². The lowest BCUT2D eigenvalue weighted by atomic mass is 9.92. The van der Waals surface area contributed by atoms with E-state index in [-0.39, 0.29) is 17.7 Å². The molecule has 1 aromatic carbocycles. The Morgan fingerprint density at radius 2 is 1.91 bits per heavy atom. The van der Waals surface area contributed by atoms with Gasteiger partial charge in [0.25, 0.3) is 5.91 Å². The fraction of sp³-hybridized carbons (Fsp3) is 0.417. The molecule has 1 unspecified atom stereocenters. The van der Waals surface area contributed by atoms with Gasteiger partial charge in [0.2, 0.25) is 5.91 Å². The summed E-state index contributed by atoms with van der Waals surface area (Å²) in [6.07, 6.45) is 6.98. The Kier molecular flexibility index (Phi) is 5.83. The van der Waals surface area contributed by atoms with Crippen molar-refractivity contribution in [3.05, 3.63) is 59.1 Å². The highest BCUT2D eigenvalue weighted by atomic mass is 35.5. The van der Waals surface area contributed by atoms with Crippen LogP contribution in [0.2, 0.25) is 5.02 Å². The summed E-state index contributed by atoms with van der Waals surface area (Å²) in [4.78, 5) is 42.1. The van der Waals surface area contributed by atoms with Crippen LogP contribution in [0.5, 0.6) is 0 Å². The number of likely N-dealkylation sites (tertiary alicyclic amines) is 2. The number of pyridine rings is 1. The van der Waals surface area contributed by atoms with Gasteiger partial charge in [0.15, 0.2) is 0 Å². The van der Waals surface area contributed by atoms with Crippen LogP contribution in [0.1, 0.15) is 47.8 Å². The molecule has 7 nitrogen and oxygen atoms in total. The maximum atomic E-state index is 13.2. The van der Waals surface area contributed by atoms with E-state index < -0.39 is 0 Å². The molecule has 0 aliphatic carbocycles. The van der Waals surface area contributed by atoms with Gasteiger partial charge in [-0.2, -0.15) is 0 Å². The summed E-state index contributed by atoms with van der Waals surface area (Å²) in [6, 6.07) is 8.91. The zero-order valence-corrected chi connectivity index (χ0v) is 18.6. The molecule has 2 aliphatic rings. The highest BCUT2D eigenvalue weighted by Gasteiger charge is 2.34. The van der Waals surface area contributed by atoms with Crippen LogP contribution >= 0.6 is 11.6 Å². The summed E-state index contributed by atoms with van der Waals surface area (Å²) in [6.45, 7) is 2.59. The topological polar surface area (TPSA) is 82.2 Å². The number of carbonyl (C=O) groups is 2. The smallest absolute Gasteiger partial charge is 0.253 e. The van der Waals surface area contributed by atoms with Gasteiger partial charge in [-0.15, -0.1) is 0 Å². The highest BCUT2D eigenvalue weighted by Crippen LogP contribution is 2.29. The molecule has 4 heterocycles. The van der Waals surface area contributed by atoms with E-state index in [1.165, 1.54) is 0 Å². The largest absolute Gasteiger partial charge is 0.342 e. The third kappa shape index (κ3) is 4.21. The minimum absolute atomic E-state index is 0.0527. The number of halogens is 1. The lowest BCUT2D eigenvalue weighted by Crippen LogP contribution is -2.48. The number of rotatable bonds is 3. The van der Waals surface area contributed by atoms with Crippen molar-refractivity contribution in [2.24, 2.45) is 5.92 Å². The number of nitrogens with one attached hydrogen (secondary N) is 1. The van der Waals surface area contributed by atoms with E-state index in [1.807, 2.05) is 11.0 Å². The number of nitrogens with zero attached hydrogens (tertiary/aromatic N) is 4. The first-order valence-electron chi connectivity index (χ1n) is 11.2. The van der Waals surface area contributed by atoms with Crippen LogP contribution in [0.4, 0.5) is 0 Å². The van der Waals surface area contributed by atoms with E-state index >= 15 is 0 Å². The van der Waals surface area contributed by atoms with Gasteiger partial charge in [-0.1, -0.05) is 17.7 Å². The predicted octanol–water partition coefficient (Wildman–Crippen LogP) is 3.87. The number of fused-ring (bicyclic) bond motifs is 1. The van der Waals surface area contributed by atoms with E-state index in [1.54, 1.807) is 41.6 Å². The Balaban J connectivity index is 1.19. The van der Waals surface area contributed by atoms with Crippen LogP contribution in [-0.2, 0) is 4.79 Å². The molecule has 5 rings (SSSR count). The number of carbonyl (C=O) groups excluding carboxylic acids is 2. The Labute approximate surface area is 191 Å². The number of aromatic amines is 1. The standard InChI is InChI=1S/C24H26ClN5O2/c25-19-5-1-3-17(13-19)23(31)30-10-2-4-18(15-30)24(32)29-11-7-16(8-12-29)22-27-20-6-9-26-14-21(20)28-22/h1,3,5-6,9,13-14,16,18H,2,4,7-8,10-12,15H2,(H,27,28).